The zero-order valence-electron chi connectivity index (χ0n) is 13.4. The highest BCUT2D eigenvalue weighted by molar-refractivity contribution is 7.89. The molecular formula is C17H16N2O5S2. The molecule has 0 aromatic heterocycles. The minimum absolute atomic E-state index is 0.0104. The molecule has 136 valence electrons. The maximum atomic E-state index is 11.8. The standard InChI is InChI=1S/C17H16N2O5S2/c18-25(21,22)16-9-3-13(4-10-16)1-7-15(20)8-2-14-5-11-17(12-6-14)26(19,23)24/h1-12H,(H2,18,21,22)(H2,19,23,24)/b7-1+,8-2+. The van der Waals surface area contributed by atoms with E-state index in [0.717, 1.165) is 0 Å². The molecule has 26 heavy (non-hydrogen) atoms. The van der Waals surface area contributed by atoms with Crippen molar-refractivity contribution in [2.45, 2.75) is 9.79 Å². The molecule has 0 radical (unpaired) electrons. The molecule has 0 aliphatic rings. The highest BCUT2D eigenvalue weighted by Gasteiger charge is 2.06. The van der Waals surface area contributed by atoms with Gasteiger partial charge in [-0.2, -0.15) is 0 Å². The van der Waals surface area contributed by atoms with Crippen molar-refractivity contribution in [3.63, 3.8) is 0 Å². The summed E-state index contributed by atoms with van der Waals surface area (Å²) in [5.74, 6) is -0.295. The van der Waals surface area contributed by atoms with Gasteiger partial charge < -0.3 is 0 Å². The number of sulfonamides is 2. The summed E-state index contributed by atoms with van der Waals surface area (Å²) in [6, 6.07) is 11.5. The number of hydrogen-bond donors (Lipinski definition) is 2. The average molecular weight is 392 g/mol. The monoisotopic (exact) mass is 392 g/mol. The predicted octanol–water partition coefficient (Wildman–Crippen LogP) is 1.28. The summed E-state index contributed by atoms with van der Waals surface area (Å²) >= 11 is 0. The molecule has 0 saturated heterocycles. The van der Waals surface area contributed by atoms with Crippen molar-refractivity contribution in [1.82, 2.24) is 0 Å². The second kappa shape index (κ2) is 7.75. The van der Waals surface area contributed by atoms with E-state index < -0.39 is 20.0 Å². The summed E-state index contributed by atoms with van der Waals surface area (Å²) < 4.78 is 44.6. The van der Waals surface area contributed by atoms with Crippen molar-refractivity contribution in [2.75, 3.05) is 0 Å². The summed E-state index contributed by atoms with van der Waals surface area (Å²) in [7, 11) is -7.50. The van der Waals surface area contributed by atoms with Gasteiger partial charge in [-0.25, -0.2) is 27.1 Å². The Hall–Kier alpha value is -2.59. The first-order valence-corrected chi connectivity index (χ1v) is 10.3. The van der Waals surface area contributed by atoms with Crippen molar-refractivity contribution < 1.29 is 21.6 Å². The zero-order valence-corrected chi connectivity index (χ0v) is 15.1. The molecule has 0 bridgehead atoms. The number of rotatable bonds is 6. The molecule has 0 unspecified atom stereocenters. The Morgan fingerprint density at radius 3 is 1.23 bits per heavy atom. The third-order valence-electron chi connectivity index (χ3n) is 3.30. The van der Waals surface area contributed by atoms with E-state index in [4.69, 9.17) is 10.3 Å². The molecule has 0 fully saturated rings. The predicted molar refractivity (Wildman–Crippen MR) is 98.7 cm³/mol. The number of ketones is 1. The highest BCUT2D eigenvalue weighted by Crippen LogP contribution is 2.11. The van der Waals surface area contributed by atoms with Crippen molar-refractivity contribution in [3.05, 3.63) is 71.8 Å². The van der Waals surface area contributed by atoms with Crippen LogP contribution in [0.5, 0.6) is 0 Å². The van der Waals surface area contributed by atoms with Gasteiger partial charge in [0.25, 0.3) is 0 Å². The number of nitrogens with two attached hydrogens (primary N) is 2. The van der Waals surface area contributed by atoms with Gasteiger partial charge in [0.15, 0.2) is 5.78 Å². The van der Waals surface area contributed by atoms with E-state index in [1.165, 1.54) is 72.8 Å². The molecule has 0 saturated carbocycles. The fraction of sp³-hybridized carbons (Fsp3) is 0. The largest absolute Gasteiger partial charge is 0.290 e. The van der Waals surface area contributed by atoms with Crippen LogP contribution < -0.4 is 10.3 Å². The first-order valence-electron chi connectivity index (χ1n) is 7.21. The van der Waals surface area contributed by atoms with Gasteiger partial charge in [-0.05, 0) is 47.5 Å². The van der Waals surface area contributed by atoms with Crippen LogP contribution in [-0.2, 0) is 24.8 Å². The summed E-state index contributed by atoms with van der Waals surface area (Å²) in [6.07, 6.45) is 5.70. The van der Waals surface area contributed by atoms with Gasteiger partial charge in [0.2, 0.25) is 20.0 Å². The molecule has 2 aromatic carbocycles. The fourth-order valence-electron chi connectivity index (χ4n) is 1.95. The van der Waals surface area contributed by atoms with Gasteiger partial charge in [-0.1, -0.05) is 36.4 Å². The Morgan fingerprint density at radius 2 is 0.962 bits per heavy atom. The smallest absolute Gasteiger partial charge is 0.238 e. The van der Waals surface area contributed by atoms with Gasteiger partial charge in [0.05, 0.1) is 9.79 Å². The normalized spacial score (nSPS) is 12.7. The van der Waals surface area contributed by atoms with Crippen molar-refractivity contribution in [3.8, 4) is 0 Å². The number of carbonyl (C=O) groups excluding carboxylic acids is 1. The van der Waals surface area contributed by atoms with Crippen LogP contribution in [0.3, 0.4) is 0 Å². The molecule has 0 aliphatic carbocycles. The SMILES string of the molecule is NS(=O)(=O)c1ccc(/C=C/C(=O)/C=C/c2ccc(S(N)(=O)=O)cc2)cc1. The molecule has 2 aromatic rings. The topological polar surface area (TPSA) is 137 Å². The Kier molecular flexibility index (Phi) is 5.88. The van der Waals surface area contributed by atoms with Crippen LogP contribution in [0.25, 0.3) is 12.2 Å². The average Bonchev–Trinajstić information content (AvgIpc) is 2.57. The molecule has 0 atom stereocenters. The van der Waals surface area contributed by atoms with Gasteiger partial charge in [0, 0.05) is 0 Å². The minimum atomic E-state index is -3.75. The number of benzene rings is 2. The molecule has 7 nitrogen and oxygen atoms in total. The van der Waals surface area contributed by atoms with E-state index in [9.17, 15) is 21.6 Å². The molecule has 0 heterocycles. The Morgan fingerprint density at radius 1 is 0.654 bits per heavy atom. The Bertz CT molecular complexity index is 979. The Balaban J connectivity index is 2.03. The lowest BCUT2D eigenvalue weighted by Crippen LogP contribution is -2.11. The van der Waals surface area contributed by atoms with Gasteiger partial charge in [0.1, 0.15) is 0 Å². The van der Waals surface area contributed by atoms with Gasteiger partial charge in [-0.15, -0.1) is 0 Å². The van der Waals surface area contributed by atoms with Gasteiger partial charge in [-0.3, -0.25) is 4.79 Å². The van der Waals surface area contributed by atoms with E-state index in [2.05, 4.69) is 0 Å². The molecule has 0 spiro atoms. The second-order valence-electron chi connectivity index (χ2n) is 5.30. The molecule has 9 heteroatoms. The van der Waals surface area contributed by atoms with Crippen LogP contribution in [0.4, 0.5) is 0 Å². The van der Waals surface area contributed by atoms with Crippen molar-refractivity contribution in [2.24, 2.45) is 10.3 Å². The lowest BCUT2D eigenvalue weighted by Gasteiger charge is -1.98. The number of primary sulfonamides is 2. The van der Waals surface area contributed by atoms with Crippen LogP contribution >= 0.6 is 0 Å². The quantitative estimate of drug-likeness (QED) is 0.713. The molecule has 0 aliphatic heterocycles. The molecule has 4 N–H and O–H groups in total. The third kappa shape index (κ3) is 5.74. The first kappa shape index (κ1) is 19.7. The molecule has 0 amide bonds. The minimum Gasteiger partial charge on any atom is -0.290 e. The summed E-state index contributed by atoms with van der Waals surface area (Å²) in [5.41, 5.74) is 1.27. The fourth-order valence-corrected chi connectivity index (χ4v) is 2.98. The van der Waals surface area contributed by atoms with Gasteiger partial charge >= 0.3 is 0 Å². The van der Waals surface area contributed by atoms with E-state index in [-0.39, 0.29) is 15.6 Å². The summed E-state index contributed by atoms with van der Waals surface area (Å²) in [5, 5.41) is 10.0. The van der Waals surface area contributed by atoms with Crippen LogP contribution in [0.15, 0.2) is 70.5 Å². The third-order valence-corrected chi connectivity index (χ3v) is 5.16. The lowest BCUT2D eigenvalue weighted by atomic mass is 10.1. The van der Waals surface area contributed by atoms with Crippen LogP contribution in [0, 0.1) is 0 Å². The van der Waals surface area contributed by atoms with E-state index in [1.54, 1.807) is 0 Å². The van der Waals surface area contributed by atoms with E-state index >= 15 is 0 Å². The highest BCUT2D eigenvalue weighted by atomic mass is 32.2. The number of allylic oxidation sites excluding steroid dienone is 2. The molecular weight excluding hydrogens is 376 g/mol. The van der Waals surface area contributed by atoms with Crippen molar-refractivity contribution >= 4 is 38.0 Å². The zero-order chi connectivity index (χ0) is 19.4. The van der Waals surface area contributed by atoms with Crippen LogP contribution in [0.2, 0.25) is 0 Å². The lowest BCUT2D eigenvalue weighted by molar-refractivity contribution is -0.110. The summed E-state index contributed by atoms with van der Waals surface area (Å²) in [4.78, 5) is 11.8. The van der Waals surface area contributed by atoms with E-state index in [1.807, 2.05) is 0 Å². The maximum Gasteiger partial charge on any atom is 0.238 e. The molecule has 2 rings (SSSR count). The summed E-state index contributed by atoms with van der Waals surface area (Å²) in [6.45, 7) is 0. The Labute approximate surface area is 151 Å². The maximum absolute atomic E-state index is 11.8. The van der Waals surface area contributed by atoms with E-state index in [0.29, 0.717) is 11.1 Å². The number of hydrogen-bond acceptors (Lipinski definition) is 5. The van der Waals surface area contributed by atoms with Crippen LogP contribution in [0.1, 0.15) is 11.1 Å². The van der Waals surface area contributed by atoms with Crippen molar-refractivity contribution in [1.29, 1.82) is 0 Å². The van der Waals surface area contributed by atoms with Crippen LogP contribution in [-0.4, -0.2) is 22.6 Å². The number of carbonyl (C=O) groups is 1. The first-order chi connectivity index (χ1) is 12.1. The second-order valence-corrected chi connectivity index (χ2v) is 8.42.